The van der Waals surface area contributed by atoms with Gasteiger partial charge in [0.05, 0.1) is 24.8 Å². The van der Waals surface area contributed by atoms with Crippen LogP contribution < -0.4 is 14.4 Å². The van der Waals surface area contributed by atoms with E-state index in [4.69, 9.17) is 14.0 Å². The number of Topliss-reactive ketones (excluding diaryl/α,β-unsaturated/α-hetero) is 1. The Bertz CT molecular complexity index is 1260. The molecule has 8 nitrogen and oxygen atoms in total. The van der Waals surface area contributed by atoms with Gasteiger partial charge in [-0.3, -0.25) is 14.5 Å². The Morgan fingerprint density at radius 1 is 0.946 bits per heavy atom. The maximum atomic E-state index is 13.3. The number of rotatable bonds is 11. The summed E-state index contributed by atoms with van der Waals surface area (Å²) in [4.78, 5) is 27.7. The van der Waals surface area contributed by atoms with Gasteiger partial charge in [0, 0.05) is 11.6 Å². The summed E-state index contributed by atoms with van der Waals surface area (Å²) >= 11 is 0. The van der Waals surface area contributed by atoms with E-state index < -0.39 is 17.7 Å². The Morgan fingerprint density at radius 3 is 2.19 bits per heavy atom. The van der Waals surface area contributed by atoms with Gasteiger partial charge in [-0.05, 0) is 61.7 Å². The summed E-state index contributed by atoms with van der Waals surface area (Å²) in [5.74, 6) is 0.186. The molecule has 1 fully saturated rings. The van der Waals surface area contributed by atoms with Crippen molar-refractivity contribution in [3.05, 3.63) is 77.1 Å². The monoisotopic (exact) mass is 504 g/mol. The molecule has 8 heteroatoms. The molecule has 37 heavy (non-hydrogen) atoms. The lowest BCUT2D eigenvalue weighted by Crippen LogP contribution is -2.29. The lowest BCUT2D eigenvalue weighted by molar-refractivity contribution is -0.132. The van der Waals surface area contributed by atoms with Gasteiger partial charge in [-0.25, -0.2) is 0 Å². The van der Waals surface area contributed by atoms with Crippen LogP contribution in [-0.2, 0) is 9.59 Å². The van der Waals surface area contributed by atoms with Crippen molar-refractivity contribution in [3.63, 3.8) is 0 Å². The zero-order valence-electron chi connectivity index (χ0n) is 21.4. The van der Waals surface area contributed by atoms with Gasteiger partial charge in [-0.2, -0.15) is 0 Å². The topological polar surface area (TPSA) is 102 Å². The van der Waals surface area contributed by atoms with E-state index in [-0.39, 0.29) is 17.2 Å². The van der Waals surface area contributed by atoms with E-state index in [1.165, 1.54) is 4.90 Å². The molecule has 2 aromatic carbocycles. The predicted molar refractivity (Wildman–Crippen MR) is 140 cm³/mol. The molecule has 0 spiro atoms. The predicted octanol–water partition coefficient (Wildman–Crippen LogP) is 5.97. The number of anilines is 1. The van der Waals surface area contributed by atoms with Gasteiger partial charge in [0.25, 0.3) is 5.78 Å². The number of aryl methyl sites for hydroxylation is 1. The second kappa shape index (κ2) is 11.8. The van der Waals surface area contributed by atoms with Crippen LogP contribution in [0.3, 0.4) is 0 Å². The molecule has 3 aromatic rings. The first kappa shape index (κ1) is 26.0. The summed E-state index contributed by atoms with van der Waals surface area (Å²) in [6, 6.07) is 14.7. The number of benzene rings is 2. The third-order valence-corrected chi connectivity index (χ3v) is 6.12. The molecule has 0 saturated carbocycles. The van der Waals surface area contributed by atoms with Crippen LogP contribution in [0.5, 0.6) is 11.5 Å². The van der Waals surface area contributed by atoms with Crippen molar-refractivity contribution in [2.24, 2.45) is 0 Å². The van der Waals surface area contributed by atoms with Gasteiger partial charge in [0.15, 0.2) is 5.82 Å². The average molecular weight is 505 g/mol. The maximum Gasteiger partial charge on any atom is 0.301 e. The van der Waals surface area contributed by atoms with Crippen molar-refractivity contribution in [3.8, 4) is 11.5 Å². The molecule has 1 amide bonds. The number of carbonyl (C=O) groups excluding carboxylic acids is 2. The van der Waals surface area contributed by atoms with Crippen LogP contribution in [0.15, 0.2) is 64.7 Å². The molecule has 1 N–H and O–H groups in total. The van der Waals surface area contributed by atoms with E-state index in [9.17, 15) is 14.7 Å². The Kier molecular flexibility index (Phi) is 8.28. The number of carbonyl (C=O) groups is 2. The summed E-state index contributed by atoms with van der Waals surface area (Å²) in [6.45, 7) is 7.04. The highest BCUT2D eigenvalue weighted by molar-refractivity contribution is 6.51. The molecule has 4 rings (SSSR count). The molecule has 2 heterocycles. The van der Waals surface area contributed by atoms with Gasteiger partial charge in [-0.1, -0.05) is 44.0 Å². The van der Waals surface area contributed by atoms with Gasteiger partial charge < -0.3 is 19.1 Å². The zero-order chi connectivity index (χ0) is 26.4. The standard InChI is InChI=1S/C29H32N2O6/c1-4-6-7-17-36-23-12-8-20(9-13-23)26-25(27(32)21-10-14-22(15-11-21)35-16-5-2)28(33)29(34)31(26)24-18-19(3)37-30-24/h8-15,18,26,32H,4-7,16-17H2,1-3H3/b27-25+/t26-/m0/s1. The highest BCUT2D eigenvalue weighted by atomic mass is 16.5. The fraction of sp³-hybridized carbons (Fsp3) is 0.345. The van der Waals surface area contributed by atoms with Crippen LogP contribution in [-0.4, -0.2) is 35.2 Å². The first-order valence-electron chi connectivity index (χ1n) is 12.6. The summed E-state index contributed by atoms with van der Waals surface area (Å²) in [7, 11) is 0. The number of aliphatic hydroxyl groups excluding tert-OH is 1. The van der Waals surface area contributed by atoms with Crippen molar-refractivity contribution in [1.82, 2.24) is 5.16 Å². The Hall–Kier alpha value is -4.07. The minimum Gasteiger partial charge on any atom is -0.507 e. The van der Waals surface area contributed by atoms with Crippen LogP contribution >= 0.6 is 0 Å². The number of hydrogen-bond donors (Lipinski definition) is 1. The number of ketones is 1. The minimum absolute atomic E-state index is 0.0236. The number of nitrogens with zero attached hydrogens (tertiary/aromatic N) is 2. The lowest BCUT2D eigenvalue weighted by Gasteiger charge is -2.23. The van der Waals surface area contributed by atoms with E-state index >= 15 is 0 Å². The lowest BCUT2D eigenvalue weighted by atomic mass is 9.95. The molecule has 0 radical (unpaired) electrons. The van der Waals surface area contributed by atoms with E-state index in [0.29, 0.717) is 41.6 Å². The second-order valence-corrected chi connectivity index (χ2v) is 8.96. The SMILES string of the molecule is CCCCCOc1ccc([C@H]2/C(=C(\O)c3ccc(OCCC)cc3)C(=O)C(=O)N2c2cc(C)on2)cc1. The second-order valence-electron chi connectivity index (χ2n) is 8.96. The van der Waals surface area contributed by atoms with E-state index in [0.717, 1.165) is 25.7 Å². The molecular weight excluding hydrogens is 472 g/mol. The Balaban J connectivity index is 1.72. The molecule has 0 aliphatic carbocycles. The van der Waals surface area contributed by atoms with Crippen molar-refractivity contribution in [2.45, 2.75) is 52.5 Å². The van der Waals surface area contributed by atoms with Gasteiger partial charge in [-0.15, -0.1) is 0 Å². The van der Waals surface area contributed by atoms with Crippen LogP contribution in [0.1, 0.15) is 62.5 Å². The summed E-state index contributed by atoms with van der Waals surface area (Å²) in [5, 5.41) is 15.2. The van der Waals surface area contributed by atoms with Gasteiger partial charge >= 0.3 is 5.91 Å². The Labute approximate surface area is 216 Å². The summed E-state index contributed by atoms with van der Waals surface area (Å²) in [5.41, 5.74) is 1.01. The molecule has 1 atom stereocenters. The molecule has 0 unspecified atom stereocenters. The third kappa shape index (κ3) is 5.69. The van der Waals surface area contributed by atoms with Crippen molar-refractivity contribution < 1.29 is 28.7 Å². The van der Waals surface area contributed by atoms with Gasteiger partial charge in [0.1, 0.15) is 23.0 Å². The minimum atomic E-state index is -0.894. The van der Waals surface area contributed by atoms with E-state index in [1.807, 2.05) is 6.92 Å². The number of amides is 1. The number of unbranched alkanes of at least 4 members (excludes halogenated alkanes) is 2. The molecule has 194 valence electrons. The van der Waals surface area contributed by atoms with E-state index in [2.05, 4.69) is 12.1 Å². The molecule has 0 bridgehead atoms. The first-order valence-corrected chi connectivity index (χ1v) is 12.6. The third-order valence-electron chi connectivity index (χ3n) is 6.12. The molecular formula is C29H32N2O6. The number of aliphatic hydroxyl groups is 1. The largest absolute Gasteiger partial charge is 0.507 e. The van der Waals surface area contributed by atoms with Crippen LogP contribution in [0.2, 0.25) is 0 Å². The van der Waals surface area contributed by atoms with Crippen LogP contribution in [0.4, 0.5) is 5.82 Å². The average Bonchev–Trinajstić information content (AvgIpc) is 3.45. The van der Waals surface area contributed by atoms with Gasteiger partial charge in [0.2, 0.25) is 0 Å². The fourth-order valence-electron chi connectivity index (χ4n) is 4.22. The van der Waals surface area contributed by atoms with Crippen molar-refractivity contribution in [1.29, 1.82) is 0 Å². The molecule has 1 saturated heterocycles. The molecule has 1 aliphatic rings. The van der Waals surface area contributed by atoms with Crippen molar-refractivity contribution >= 4 is 23.3 Å². The van der Waals surface area contributed by atoms with Crippen molar-refractivity contribution in [2.75, 3.05) is 18.1 Å². The van der Waals surface area contributed by atoms with E-state index in [1.54, 1.807) is 61.5 Å². The highest BCUT2D eigenvalue weighted by Gasteiger charge is 2.48. The number of hydrogen-bond acceptors (Lipinski definition) is 7. The molecule has 1 aromatic heterocycles. The quantitative estimate of drug-likeness (QED) is 0.149. The number of ether oxygens (including phenoxy) is 2. The number of aromatic nitrogens is 1. The Morgan fingerprint density at radius 2 is 1.59 bits per heavy atom. The molecule has 1 aliphatic heterocycles. The smallest absolute Gasteiger partial charge is 0.301 e. The first-order chi connectivity index (χ1) is 17.9. The normalized spacial score (nSPS) is 16.8. The summed E-state index contributed by atoms with van der Waals surface area (Å²) < 4.78 is 16.6. The zero-order valence-corrected chi connectivity index (χ0v) is 21.4. The van der Waals surface area contributed by atoms with Crippen LogP contribution in [0.25, 0.3) is 5.76 Å². The van der Waals surface area contributed by atoms with Crippen LogP contribution in [0, 0.1) is 6.92 Å². The summed E-state index contributed by atoms with van der Waals surface area (Å²) in [6.07, 6.45) is 4.04. The fourth-order valence-corrected chi connectivity index (χ4v) is 4.22. The maximum absolute atomic E-state index is 13.3. The highest BCUT2D eigenvalue weighted by Crippen LogP contribution is 2.42.